The molecular formula is C21H19N5O. The van der Waals surface area contributed by atoms with Crippen LogP contribution in [-0.2, 0) is 7.05 Å². The summed E-state index contributed by atoms with van der Waals surface area (Å²) in [4.78, 5) is 22.0. The van der Waals surface area contributed by atoms with E-state index in [0.717, 1.165) is 27.9 Å². The summed E-state index contributed by atoms with van der Waals surface area (Å²) in [6, 6.07) is 15.3. The van der Waals surface area contributed by atoms with Crippen LogP contribution in [0.15, 0.2) is 54.7 Å². The standard InChI is InChI=1S/C21H19N5O/c1-13-9-10-18(22-12-13)24-21(27)16-11-17(15-7-5-4-6-8-15)23-20-19(16)14(2)25-26(20)3/h4-12H,1-3H3,(H,22,24,27). The highest BCUT2D eigenvalue weighted by Gasteiger charge is 2.19. The summed E-state index contributed by atoms with van der Waals surface area (Å²) < 4.78 is 1.71. The number of hydrogen-bond donors (Lipinski definition) is 1. The Labute approximate surface area is 156 Å². The van der Waals surface area contributed by atoms with E-state index in [9.17, 15) is 4.79 Å². The van der Waals surface area contributed by atoms with Crippen molar-refractivity contribution in [1.82, 2.24) is 19.7 Å². The molecule has 3 aromatic heterocycles. The van der Waals surface area contributed by atoms with E-state index in [1.807, 2.05) is 63.4 Å². The molecule has 3 heterocycles. The lowest BCUT2D eigenvalue weighted by molar-refractivity contribution is 0.102. The quantitative estimate of drug-likeness (QED) is 0.603. The van der Waals surface area contributed by atoms with Crippen molar-refractivity contribution < 1.29 is 4.79 Å². The van der Waals surface area contributed by atoms with Gasteiger partial charge in [0.25, 0.3) is 5.91 Å². The Morgan fingerprint density at radius 3 is 2.56 bits per heavy atom. The molecule has 1 N–H and O–H groups in total. The fourth-order valence-electron chi connectivity index (χ4n) is 3.11. The molecule has 0 bridgehead atoms. The number of nitrogens with zero attached hydrogens (tertiary/aromatic N) is 4. The predicted octanol–water partition coefficient (Wildman–Crippen LogP) is 3.90. The van der Waals surface area contributed by atoms with Crippen molar-refractivity contribution in [3.05, 3.63) is 71.5 Å². The van der Waals surface area contributed by atoms with Gasteiger partial charge in [0.1, 0.15) is 5.82 Å². The normalized spacial score (nSPS) is 10.9. The zero-order chi connectivity index (χ0) is 19.0. The van der Waals surface area contributed by atoms with Crippen LogP contribution in [-0.4, -0.2) is 25.7 Å². The van der Waals surface area contributed by atoms with Crippen LogP contribution in [0.25, 0.3) is 22.3 Å². The van der Waals surface area contributed by atoms with Crippen molar-refractivity contribution in [3.8, 4) is 11.3 Å². The minimum atomic E-state index is -0.230. The van der Waals surface area contributed by atoms with Crippen LogP contribution in [0.5, 0.6) is 0 Å². The van der Waals surface area contributed by atoms with Crippen molar-refractivity contribution in [2.24, 2.45) is 7.05 Å². The van der Waals surface area contributed by atoms with Crippen LogP contribution < -0.4 is 5.32 Å². The number of benzene rings is 1. The summed E-state index contributed by atoms with van der Waals surface area (Å²) in [5.74, 6) is 0.283. The summed E-state index contributed by atoms with van der Waals surface area (Å²) in [5.41, 5.74) is 4.69. The number of carbonyl (C=O) groups is 1. The van der Waals surface area contributed by atoms with Gasteiger partial charge in [-0.1, -0.05) is 36.4 Å². The summed E-state index contributed by atoms with van der Waals surface area (Å²) in [6.07, 6.45) is 1.72. The molecule has 0 atom stereocenters. The average Bonchev–Trinajstić information content (AvgIpc) is 2.97. The van der Waals surface area contributed by atoms with E-state index in [4.69, 9.17) is 4.98 Å². The number of fused-ring (bicyclic) bond motifs is 1. The van der Waals surface area contributed by atoms with Gasteiger partial charge >= 0.3 is 0 Å². The second-order valence-corrected chi connectivity index (χ2v) is 6.50. The van der Waals surface area contributed by atoms with Crippen LogP contribution in [0.1, 0.15) is 21.6 Å². The molecule has 0 spiro atoms. The molecule has 4 aromatic rings. The molecule has 0 saturated heterocycles. The molecular weight excluding hydrogens is 338 g/mol. The number of amides is 1. The average molecular weight is 357 g/mol. The molecule has 0 saturated carbocycles. The van der Waals surface area contributed by atoms with Crippen LogP contribution >= 0.6 is 0 Å². The fraction of sp³-hybridized carbons (Fsp3) is 0.143. The van der Waals surface area contributed by atoms with E-state index in [-0.39, 0.29) is 5.91 Å². The highest BCUT2D eigenvalue weighted by atomic mass is 16.1. The van der Waals surface area contributed by atoms with Crippen molar-refractivity contribution in [3.63, 3.8) is 0 Å². The molecule has 27 heavy (non-hydrogen) atoms. The maximum atomic E-state index is 13.0. The Morgan fingerprint density at radius 2 is 1.85 bits per heavy atom. The number of carbonyl (C=O) groups excluding carboxylic acids is 1. The SMILES string of the molecule is Cc1ccc(NC(=O)c2cc(-c3ccccc3)nc3c2c(C)nn3C)nc1. The number of anilines is 1. The first-order valence-corrected chi connectivity index (χ1v) is 8.66. The lowest BCUT2D eigenvalue weighted by atomic mass is 10.0. The maximum absolute atomic E-state index is 13.0. The molecule has 6 nitrogen and oxygen atoms in total. The molecule has 4 rings (SSSR count). The Balaban J connectivity index is 1.85. The van der Waals surface area contributed by atoms with Gasteiger partial charge in [-0.25, -0.2) is 9.97 Å². The van der Waals surface area contributed by atoms with E-state index in [0.29, 0.717) is 17.0 Å². The van der Waals surface area contributed by atoms with Gasteiger partial charge in [0.05, 0.1) is 22.3 Å². The third kappa shape index (κ3) is 3.17. The molecule has 0 radical (unpaired) electrons. The summed E-state index contributed by atoms with van der Waals surface area (Å²) in [6.45, 7) is 3.84. The predicted molar refractivity (Wildman–Crippen MR) is 106 cm³/mol. The van der Waals surface area contributed by atoms with Gasteiger partial charge in [0.15, 0.2) is 5.65 Å². The number of nitrogens with one attached hydrogen (secondary N) is 1. The van der Waals surface area contributed by atoms with E-state index >= 15 is 0 Å². The van der Waals surface area contributed by atoms with Crippen molar-refractivity contribution in [1.29, 1.82) is 0 Å². The zero-order valence-electron chi connectivity index (χ0n) is 15.4. The summed E-state index contributed by atoms with van der Waals surface area (Å²) in [5, 5.41) is 8.07. The molecule has 0 unspecified atom stereocenters. The molecule has 1 aromatic carbocycles. The van der Waals surface area contributed by atoms with Crippen LogP contribution in [0.3, 0.4) is 0 Å². The minimum Gasteiger partial charge on any atom is -0.307 e. The lowest BCUT2D eigenvalue weighted by Gasteiger charge is -2.09. The van der Waals surface area contributed by atoms with Gasteiger partial charge in [-0.05, 0) is 31.5 Å². The summed E-state index contributed by atoms with van der Waals surface area (Å²) >= 11 is 0. The van der Waals surface area contributed by atoms with E-state index in [1.54, 1.807) is 16.9 Å². The maximum Gasteiger partial charge on any atom is 0.257 e. The first-order valence-electron chi connectivity index (χ1n) is 8.66. The Morgan fingerprint density at radius 1 is 1.07 bits per heavy atom. The van der Waals surface area contributed by atoms with Crippen molar-refractivity contribution in [2.75, 3.05) is 5.32 Å². The zero-order valence-corrected chi connectivity index (χ0v) is 15.4. The molecule has 1 amide bonds. The number of aryl methyl sites for hydroxylation is 3. The lowest BCUT2D eigenvalue weighted by Crippen LogP contribution is -2.14. The molecule has 0 aliphatic carbocycles. The Hall–Kier alpha value is -3.54. The molecule has 0 fully saturated rings. The minimum absolute atomic E-state index is 0.230. The third-order valence-electron chi connectivity index (χ3n) is 4.44. The number of aromatic nitrogens is 4. The van der Waals surface area contributed by atoms with E-state index in [1.165, 1.54) is 0 Å². The second-order valence-electron chi connectivity index (χ2n) is 6.50. The monoisotopic (exact) mass is 357 g/mol. The molecule has 0 aliphatic heterocycles. The third-order valence-corrected chi connectivity index (χ3v) is 4.44. The van der Waals surface area contributed by atoms with E-state index in [2.05, 4.69) is 15.4 Å². The Kier molecular flexibility index (Phi) is 4.16. The smallest absolute Gasteiger partial charge is 0.257 e. The van der Waals surface area contributed by atoms with Gasteiger partial charge in [-0.3, -0.25) is 9.48 Å². The van der Waals surface area contributed by atoms with Gasteiger partial charge in [0.2, 0.25) is 0 Å². The highest BCUT2D eigenvalue weighted by Crippen LogP contribution is 2.27. The molecule has 6 heteroatoms. The topological polar surface area (TPSA) is 72.7 Å². The number of pyridine rings is 2. The summed E-state index contributed by atoms with van der Waals surface area (Å²) in [7, 11) is 1.83. The van der Waals surface area contributed by atoms with Crippen LogP contribution in [0.2, 0.25) is 0 Å². The number of hydrogen-bond acceptors (Lipinski definition) is 4. The van der Waals surface area contributed by atoms with Crippen molar-refractivity contribution >= 4 is 22.8 Å². The van der Waals surface area contributed by atoms with Crippen molar-refractivity contribution in [2.45, 2.75) is 13.8 Å². The van der Waals surface area contributed by atoms with Crippen LogP contribution in [0.4, 0.5) is 5.82 Å². The molecule has 134 valence electrons. The van der Waals surface area contributed by atoms with Gasteiger partial charge in [-0.15, -0.1) is 0 Å². The highest BCUT2D eigenvalue weighted by molar-refractivity contribution is 6.13. The largest absolute Gasteiger partial charge is 0.307 e. The first kappa shape index (κ1) is 16.9. The second kappa shape index (κ2) is 6.64. The number of rotatable bonds is 3. The van der Waals surface area contributed by atoms with Gasteiger partial charge in [0, 0.05) is 18.8 Å². The fourth-order valence-corrected chi connectivity index (χ4v) is 3.11. The molecule has 0 aliphatic rings. The van der Waals surface area contributed by atoms with Gasteiger partial charge < -0.3 is 5.32 Å². The Bertz CT molecular complexity index is 1130. The van der Waals surface area contributed by atoms with E-state index < -0.39 is 0 Å². The first-order chi connectivity index (χ1) is 13.0. The van der Waals surface area contributed by atoms with Crippen LogP contribution in [0, 0.1) is 13.8 Å². The van der Waals surface area contributed by atoms with Gasteiger partial charge in [-0.2, -0.15) is 5.10 Å².